The molecule has 1 spiro atoms. The van der Waals surface area contributed by atoms with E-state index in [0.29, 0.717) is 6.04 Å². The first kappa shape index (κ1) is 8.03. The highest BCUT2D eigenvalue weighted by Crippen LogP contribution is 2.36. The van der Waals surface area contributed by atoms with Crippen LogP contribution in [0.15, 0.2) is 0 Å². The lowest BCUT2D eigenvalue weighted by molar-refractivity contribution is -0.177. The van der Waals surface area contributed by atoms with Gasteiger partial charge in [-0.2, -0.15) is 0 Å². The van der Waals surface area contributed by atoms with E-state index in [0.717, 1.165) is 38.9 Å². The molecule has 0 atom stereocenters. The van der Waals surface area contributed by atoms with Crippen LogP contribution in [0, 0.1) is 6.57 Å². The first-order chi connectivity index (χ1) is 5.85. The van der Waals surface area contributed by atoms with E-state index in [1.807, 2.05) is 0 Å². The Bertz CT molecular complexity index is 193. The molecule has 3 nitrogen and oxygen atoms in total. The summed E-state index contributed by atoms with van der Waals surface area (Å²) in [5.41, 5.74) is 0. The maximum absolute atomic E-state index is 5.57. The van der Waals surface area contributed by atoms with Gasteiger partial charge >= 0.3 is 0 Å². The van der Waals surface area contributed by atoms with Crippen molar-refractivity contribution in [2.75, 3.05) is 13.2 Å². The summed E-state index contributed by atoms with van der Waals surface area (Å²) < 4.78 is 11.1. The van der Waals surface area contributed by atoms with Crippen LogP contribution in [0.5, 0.6) is 0 Å². The fourth-order valence-electron chi connectivity index (χ4n) is 1.98. The minimum atomic E-state index is -0.263. The molecule has 12 heavy (non-hydrogen) atoms. The Kier molecular flexibility index (Phi) is 2.03. The zero-order chi connectivity index (χ0) is 8.44. The number of hydrogen-bond acceptors (Lipinski definition) is 2. The highest BCUT2D eigenvalue weighted by molar-refractivity contribution is 4.91. The van der Waals surface area contributed by atoms with Crippen molar-refractivity contribution in [3.8, 4) is 6.57 Å². The van der Waals surface area contributed by atoms with Gasteiger partial charge in [0.1, 0.15) is 0 Å². The molecule has 1 saturated heterocycles. The fourth-order valence-corrected chi connectivity index (χ4v) is 1.98. The van der Waals surface area contributed by atoms with Gasteiger partial charge in [0.15, 0.2) is 5.79 Å². The Morgan fingerprint density at radius 3 is 2.25 bits per heavy atom. The summed E-state index contributed by atoms with van der Waals surface area (Å²) in [4.78, 5) is 3.79. The van der Waals surface area contributed by atoms with E-state index >= 15 is 0 Å². The van der Waals surface area contributed by atoms with E-state index < -0.39 is 0 Å². The van der Waals surface area contributed by atoms with Crippen LogP contribution in [-0.4, -0.2) is 25.0 Å². The summed E-state index contributed by atoms with van der Waals surface area (Å²) in [6.07, 6.45) is 3.88. The number of hydrogen-bond donors (Lipinski definition) is 0. The summed E-state index contributed by atoms with van der Waals surface area (Å²) in [7, 11) is 0. The standard InChI is InChI=1S/C9H14NO2/c1-10-8-2-4-9(5-3-8)11-6-7-12-9/h1,8H,2-7H2/q+1. The average molecular weight is 168 g/mol. The molecule has 2 rings (SSSR count). The molecule has 1 saturated carbocycles. The van der Waals surface area contributed by atoms with Gasteiger partial charge < -0.3 is 9.47 Å². The van der Waals surface area contributed by atoms with Gasteiger partial charge in [-0.25, -0.2) is 0 Å². The lowest BCUT2D eigenvalue weighted by atomic mass is 9.90. The topological polar surface area (TPSA) is 22.8 Å². The number of rotatable bonds is 0. The SMILES string of the molecule is C#[N+]C1CCC2(CC1)OCCO2. The molecule has 2 fully saturated rings. The van der Waals surface area contributed by atoms with Gasteiger partial charge in [-0.3, -0.25) is 0 Å². The van der Waals surface area contributed by atoms with Crippen LogP contribution in [-0.2, 0) is 9.47 Å². The van der Waals surface area contributed by atoms with E-state index in [9.17, 15) is 0 Å². The molecule has 1 aliphatic carbocycles. The number of nitrogens with zero attached hydrogens (tertiary/aromatic N) is 1. The Labute approximate surface area is 72.5 Å². The first-order valence-electron chi connectivity index (χ1n) is 4.53. The maximum atomic E-state index is 5.57. The zero-order valence-electron chi connectivity index (χ0n) is 7.16. The summed E-state index contributed by atoms with van der Waals surface area (Å²) in [5, 5.41) is 0. The molecule has 1 heterocycles. The van der Waals surface area contributed by atoms with Crippen LogP contribution in [0.3, 0.4) is 0 Å². The van der Waals surface area contributed by atoms with Crippen molar-refractivity contribution >= 4 is 0 Å². The molecule has 1 aliphatic heterocycles. The molecule has 0 bridgehead atoms. The second-order valence-corrected chi connectivity index (χ2v) is 3.49. The minimum absolute atomic E-state index is 0.263. The van der Waals surface area contributed by atoms with Gasteiger partial charge in [-0.05, 0) is 0 Å². The monoisotopic (exact) mass is 168 g/mol. The van der Waals surface area contributed by atoms with Gasteiger partial charge in [0.05, 0.1) is 13.2 Å². The molecule has 66 valence electrons. The van der Waals surface area contributed by atoms with E-state index in [1.54, 1.807) is 0 Å². The predicted octanol–water partition coefficient (Wildman–Crippen LogP) is 1.63. The summed E-state index contributed by atoms with van der Waals surface area (Å²) in [6, 6.07) is 0.323. The smallest absolute Gasteiger partial charge is 0.272 e. The van der Waals surface area contributed by atoms with Crippen molar-refractivity contribution in [1.29, 1.82) is 0 Å². The Balaban J connectivity index is 1.93. The van der Waals surface area contributed by atoms with Crippen LogP contribution in [0.4, 0.5) is 0 Å². The third kappa shape index (κ3) is 1.33. The zero-order valence-corrected chi connectivity index (χ0v) is 7.16. The first-order valence-corrected chi connectivity index (χ1v) is 4.53. The Morgan fingerprint density at radius 2 is 1.75 bits per heavy atom. The van der Waals surface area contributed by atoms with Crippen molar-refractivity contribution < 1.29 is 9.47 Å². The van der Waals surface area contributed by atoms with Crippen molar-refractivity contribution in [2.24, 2.45) is 0 Å². The molecule has 0 aromatic carbocycles. The third-order valence-electron chi connectivity index (χ3n) is 2.74. The lowest BCUT2D eigenvalue weighted by Crippen LogP contribution is -2.35. The molecule has 0 radical (unpaired) electrons. The van der Waals surface area contributed by atoms with E-state index in [4.69, 9.17) is 16.0 Å². The molecule has 0 amide bonds. The van der Waals surface area contributed by atoms with Gasteiger partial charge in [0.25, 0.3) is 12.6 Å². The van der Waals surface area contributed by atoms with Crippen LogP contribution >= 0.6 is 0 Å². The molecular weight excluding hydrogens is 154 g/mol. The van der Waals surface area contributed by atoms with Crippen LogP contribution < -0.4 is 0 Å². The maximum Gasteiger partial charge on any atom is 0.272 e. The largest absolute Gasteiger partial charge is 0.348 e. The van der Waals surface area contributed by atoms with E-state index in [2.05, 4.69) is 4.85 Å². The van der Waals surface area contributed by atoms with Crippen LogP contribution in [0.2, 0.25) is 0 Å². The quantitative estimate of drug-likeness (QED) is 0.548. The molecule has 0 aromatic rings. The summed E-state index contributed by atoms with van der Waals surface area (Å²) >= 11 is 0. The molecule has 0 aromatic heterocycles. The fraction of sp³-hybridized carbons (Fsp3) is 0.889. The van der Waals surface area contributed by atoms with Crippen molar-refractivity contribution in [1.82, 2.24) is 0 Å². The van der Waals surface area contributed by atoms with Crippen molar-refractivity contribution in [3.05, 3.63) is 4.85 Å². The van der Waals surface area contributed by atoms with Crippen molar-refractivity contribution in [2.45, 2.75) is 37.5 Å². The highest BCUT2D eigenvalue weighted by atomic mass is 16.7. The molecule has 0 N–H and O–H groups in total. The van der Waals surface area contributed by atoms with Gasteiger partial charge in [0.2, 0.25) is 0 Å². The summed E-state index contributed by atoms with van der Waals surface area (Å²) in [5.74, 6) is -0.263. The van der Waals surface area contributed by atoms with Gasteiger partial charge in [0, 0.05) is 25.7 Å². The van der Waals surface area contributed by atoms with Gasteiger partial charge in [-0.1, -0.05) is 4.85 Å². The average Bonchev–Trinajstić information content (AvgIpc) is 2.55. The van der Waals surface area contributed by atoms with Gasteiger partial charge in [-0.15, -0.1) is 0 Å². The van der Waals surface area contributed by atoms with Crippen molar-refractivity contribution in [3.63, 3.8) is 0 Å². The summed E-state index contributed by atoms with van der Waals surface area (Å²) in [6.45, 7) is 6.71. The van der Waals surface area contributed by atoms with Crippen LogP contribution in [0.25, 0.3) is 4.85 Å². The Morgan fingerprint density at radius 1 is 1.17 bits per heavy atom. The highest BCUT2D eigenvalue weighted by Gasteiger charge is 2.42. The normalized spacial score (nSPS) is 28.9. The molecule has 2 aliphatic rings. The minimum Gasteiger partial charge on any atom is -0.348 e. The van der Waals surface area contributed by atoms with Crippen LogP contribution in [0.1, 0.15) is 25.7 Å². The third-order valence-corrected chi connectivity index (χ3v) is 2.74. The Hall–Kier alpha value is -0.590. The number of ether oxygens (including phenoxy) is 2. The predicted molar refractivity (Wildman–Crippen MR) is 45.2 cm³/mol. The van der Waals surface area contributed by atoms with E-state index in [-0.39, 0.29) is 5.79 Å². The second kappa shape index (κ2) is 3.04. The lowest BCUT2D eigenvalue weighted by Gasteiger charge is -2.30. The molecule has 3 heteroatoms. The van der Waals surface area contributed by atoms with E-state index in [1.165, 1.54) is 0 Å². The molecule has 0 unspecified atom stereocenters. The second-order valence-electron chi connectivity index (χ2n) is 3.49. The molecular formula is C9H14NO2+.